The first-order valence-corrected chi connectivity index (χ1v) is 12.0. The minimum atomic E-state index is -0.152. The van der Waals surface area contributed by atoms with Crippen molar-refractivity contribution in [1.82, 2.24) is 9.55 Å². The smallest absolute Gasteiger partial charge is 0.203 e. The third-order valence-corrected chi connectivity index (χ3v) is 6.59. The highest BCUT2D eigenvalue weighted by Gasteiger charge is 2.21. The Hall–Kier alpha value is -4.03. The van der Waals surface area contributed by atoms with E-state index < -0.39 is 0 Å². The number of methoxy groups -OCH3 is 3. The number of fused-ring (bicyclic) bond motifs is 3. The Morgan fingerprint density at radius 2 is 1.50 bits per heavy atom. The molecular weight excluding hydrogens is 452 g/mol. The normalized spacial score (nSPS) is 11.2. The van der Waals surface area contributed by atoms with Crippen LogP contribution in [0.4, 0.5) is 0 Å². The molecule has 0 aliphatic carbocycles. The van der Waals surface area contributed by atoms with Gasteiger partial charge in [0.15, 0.2) is 11.5 Å². The number of benzene rings is 3. The average Bonchev–Trinajstić information content (AvgIpc) is 3.25. The number of ether oxygens (including phenoxy) is 3. The van der Waals surface area contributed by atoms with E-state index >= 15 is 0 Å². The molecule has 0 saturated heterocycles. The lowest BCUT2D eigenvalue weighted by molar-refractivity contribution is 0.277. The number of hydrogen-bond donors (Lipinski definition) is 1. The van der Waals surface area contributed by atoms with E-state index in [2.05, 4.69) is 47.0 Å². The first kappa shape index (κ1) is 23.7. The minimum Gasteiger partial charge on any atom is -0.493 e. The Labute approximate surface area is 210 Å². The van der Waals surface area contributed by atoms with Gasteiger partial charge in [0.1, 0.15) is 0 Å². The van der Waals surface area contributed by atoms with Crippen molar-refractivity contribution in [2.75, 3.05) is 21.3 Å². The predicted octanol–water partition coefficient (Wildman–Crippen LogP) is 6.01. The van der Waals surface area contributed by atoms with Crippen molar-refractivity contribution in [3.05, 3.63) is 84.1 Å². The van der Waals surface area contributed by atoms with E-state index in [1.165, 1.54) is 5.56 Å². The highest BCUT2D eigenvalue weighted by Crippen LogP contribution is 2.43. The van der Waals surface area contributed by atoms with Gasteiger partial charge in [-0.15, -0.1) is 0 Å². The molecule has 1 N–H and O–H groups in total. The van der Waals surface area contributed by atoms with Crippen LogP contribution in [-0.2, 0) is 19.6 Å². The van der Waals surface area contributed by atoms with Crippen molar-refractivity contribution in [2.24, 2.45) is 0 Å². The van der Waals surface area contributed by atoms with E-state index in [9.17, 15) is 5.11 Å². The Morgan fingerprint density at radius 3 is 2.17 bits per heavy atom. The molecule has 5 aromatic rings. The molecular formula is C30H30N2O4. The molecule has 2 aromatic heterocycles. The van der Waals surface area contributed by atoms with Gasteiger partial charge >= 0.3 is 0 Å². The largest absolute Gasteiger partial charge is 0.493 e. The number of nitrogens with zero attached hydrogens (tertiary/aromatic N) is 2. The van der Waals surface area contributed by atoms with Crippen LogP contribution in [0.2, 0.25) is 0 Å². The van der Waals surface area contributed by atoms with E-state index in [4.69, 9.17) is 19.2 Å². The Morgan fingerprint density at radius 1 is 0.806 bits per heavy atom. The van der Waals surface area contributed by atoms with E-state index in [1.54, 1.807) is 21.3 Å². The molecule has 0 radical (unpaired) electrons. The fraction of sp³-hybridized carbons (Fsp3) is 0.233. The molecule has 184 valence electrons. The zero-order chi connectivity index (χ0) is 25.1. The maximum absolute atomic E-state index is 10.1. The van der Waals surface area contributed by atoms with Gasteiger partial charge in [-0.1, -0.05) is 48.5 Å². The van der Waals surface area contributed by atoms with E-state index in [-0.39, 0.29) is 6.61 Å². The van der Waals surface area contributed by atoms with Crippen LogP contribution in [0.15, 0.2) is 72.8 Å². The number of hydrogen-bond acceptors (Lipinski definition) is 5. The Bertz CT molecular complexity index is 1480. The molecule has 0 fully saturated rings. The zero-order valence-corrected chi connectivity index (χ0v) is 20.8. The van der Waals surface area contributed by atoms with Crippen LogP contribution in [-0.4, -0.2) is 36.0 Å². The van der Waals surface area contributed by atoms with Crippen LogP contribution < -0.4 is 14.2 Å². The lowest BCUT2D eigenvalue weighted by atomic mass is 10.0. The van der Waals surface area contributed by atoms with E-state index in [1.807, 2.05) is 30.3 Å². The second-order valence-electron chi connectivity index (χ2n) is 8.69. The van der Waals surface area contributed by atoms with Crippen molar-refractivity contribution in [1.29, 1.82) is 0 Å². The van der Waals surface area contributed by atoms with Gasteiger partial charge in [-0.3, -0.25) is 0 Å². The molecule has 0 bridgehead atoms. The highest BCUT2D eigenvalue weighted by molar-refractivity contribution is 6.12. The second-order valence-corrected chi connectivity index (χ2v) is 8.69. The number of pyridine rings is 1. The molecule has 5 rings (SSSR count). The first-order valence-electron chi connectivity index (χ1n) is 12.0. The number of rotatable bonds is 9. The Kier molecular flexibility index (Phi) is 6.78. The molecule has 6 heteroatoms. The van der Waals surface area contributed by atoms with Gasteiger partial charge in [-0.25, -0.2) is 4.98 Å². The van der Waals surface area contributed by atoms with Gasteiger partial charge in [0.05, 0.1) is 44.8 Å². The van der Waals surface area contributed by atoms with Gasteiger partial charge in [-0.05, 0) is 42.7 Å². The maximum atomic E-state index is 10.1. The van der Waals surface area contributed by atoms with Gasteiger partial charge < -0.3 is 23.9 Å². The second kappa shape index (κ2) is 10.3. The molecule has 36 heavy (non-hydrogen) atoms. The molecule has 6 nitrogen and oxygen atoms in total. The summed E-state index contributed by atoms with van der Waals surface area (Å²) in [5.41, 5.74) is 5.70. The highest BCUT2D eigenvalue weighted by atomic mass is 16.5. The summed E-state index contributed by atoms with van der Waals surface area (Å²) in [6.45, 7) is 0.678. The van der Waals surface area contributed by atoms with Crippen LogP contribution in [0.5, 0.6) is 17.2 Å². The number of aryl methyl sites for hydroxylation is 2. The molecule has 0 aliphatic rings. The van der Waals surface area contributed by atoms with Gasteiger partial charge in [0.2, 0.25) is 5.75 Å². The first-order chi connectivity index (χ1) is 17.7. The van der Waals surface area contributed by atoms with Crippen LogP contribution >= 0.6 is 0 Å². The summed E-state index contributed by atoms with van der Waals surface area (Å²) in [5.74, 6) is 1.65. The molecule has 0 unspecified atom stereocenters. The minimum absolute atomic E-state index is 0.152. The van der Waals surface area contributed by atoms with Crippen LogP contribution in [0.25, 0.3) is 33.1 Å². The molecule has 0 aliphatic heterocycles. The summed E-state index contributed by atoms with van der Waals surface area (Å²) in [6.07, 6.45) is 1.96. The van der Waals surface area contributed by atoms with Crippen molar-refractivity contribution >= 4 is 21.8 Å². The number of para-hydroxylation sites is 1. The fourth-order valence-corrected chi connectivity index (χ4v) is 4.95. The molecule has 2 heterocycles. The molecule has 0 atom stereocenters. The van der Waals surface area contributed by atoms with E-state index in [0.29, 0.717) is 22.9 Å². The summed E-state index contributed by atoms with van der Waals surface area (Å²) in [7, 11) is 4.80. The number of aliphatic hydroxyl groups is 1. The Balaban J connectivity index is 1.72. The third-order valence-electron chi connectivity index (χ3n) is 6.59. The fourth-order valence-electron chi connectivity index (χ4n) is 4.95. The van der Waals surface area contributed by atoms with Gasteiger partial charge in [0, 0.05) is 28.4 Å². The van der Waals surface area contributed by atoms with Gasteiger partial charge in [-0.2, -0.15) is 0 Å². The summed E-state index contributed by atoms with van der Waals surface area (Å²) >= 11 is 0. The van der Waals surface area contributed by atoms with Crippen LogP contribution in [0, 0.1) is 0 Å². The van der Waals surface area contributed by atoms with Crippen LogP contribution in [0.1, 0.15) is 17.7 Å². The number of aliphatic hydroxyl groups excluding tert-OH is 1. The summed E-state index contributed by atoms with van der Waals surface area (Å²) in [4.78, 5) is 4.90. The molecule has 0 saturated carbocycles. The van der Waals surface area contributed by atoms with Gasteiger partial charge in [0.25, 0.3) is 0 Å². The number of aromatic nitrogens is 2. The van der Waals surface area contributed by atoms with Crippen molar-refractivity contribution < 1.29 is 19.3 Å². The van der Waals surface area contributed by atoms with E-state index in [0.717, 1.165) is 52.4 Å². The molecule has 3 aromatic carbocycles. The average molecular weight is 483 g/mol. The van der Waals surface area contributed by atoms with Crippen LogP contribution in [0.3, 0.4) is 0 Å². The molecule has 0 amide bonds. The zero-order valence-electron chi connectivity index (χ0n) is 20.8. The molecule has 0 spiro atoms. The van der Waals surface area contributed by atoms with Crippen molar-refractivity contribution in [2.45, 2.75) is 26.0 Å². The third kappa shape index (κ3) is 4.25. The standard InChI is InChI=1S/C30H30N2O4/c1-34-26-16-21(17-27(35-2)30(26)36-3)28-29-24(18-22(19-33)31-28)23-13-7-8-14-25(23)32(29)15-9-12-20-10-5-4-6-11-20/h4-8,10-11,13-14,16-18,33H,9,12,15,19H2,1-3H3. The monoisotopic (exact) mass is 482 g/mol. The lowest BCUT2D eigenvalue weighted by Gasteiger charge is -2.16. The quantitative estimate of drug-likeness (QED) is 0.279. The predicted molar refractivity (Wildman–Crippen MR) is 143 cm³/mol. The van der Waals surface area contributed by atoms with Crippen molar-refractivity contribution in [3.63, 3.8) is 0 Å². The summed E-state index contributed by atoms with van der Waals surface area (Å²) in [6, 6.07) is 24.8. The summed E-state index contributed by atoms with van der Waals surface area (Å²) in [5, 5.41) is 12.3. The lowest BCUT2D eigenvalue weighted by Crippen LogP contribution is -2.03. The van der Waals surface area contributed by atoms with Crippen molar-refractivity contribution in [3.8, 4) is 28.5 Å². The summed E-state index contributed by atoms with van der Waals surface area (Å²) < 4.78 is 19.1. The maximum Gasteiger partial charge on any atom is 0.203 e. The topological polar surface area (TPSA) is 65.7 Å². The SMILES string of the molecule is COc1cc(-c2nc(CO)cc3c4ccccc4n(CCCc4ccccc4)c23)cc(OC)c1OC.